The van der Waals surface area contributed by atoms with Gasteiger partial charge in [0.2, 0.25) is 0 Å². The maximum Gasteiger partial charge on any atom is 0.146 e. The van der Waals surface area contributed by atoms with E-state index < -0.39 is 0 Å². The fourth-order valence-corrected chi connectivity index (χ4v) is 3.40. The highest BCUT2D eigenvalue weighted by atomic mass is 19.1. The van der Waals surface area contributed by atoms with E-state index in [9.17, 15) is 4.39 Å². The van der Waals surface area contributed by atoms with E-state index in [4.69, 9.17) is 0 Å². The maximum atomic E-state index is 13.8. The molecule has 0 radical (unpaired) electrons. The van der Waals surface area contributed by atoms with Crippen LogP contribution in [0.5, 0.6) is 0 Å². The second kappa shape index (κ2) is 6.10. The van der Waals surface area contributed by atoms with Gasteiger partial charge in [-0.3, -0.25) is 4.90 Å². The first kappa shape index (κ1) is 13.8. The molecule has 3 nitrogen and oxygen atoms in total. The van der Waals surface area contributed by atoms with Gasteiger partial charge in [-0.2, -0.15) is 0 Å². The van der Waals surface area contributed by atoms with Gasteiger partial charge < -0.3 is 9.80 Å². The zero-order valence-corrected chi connectivity index (χ0v) is 12.3. The summed E-state index contributed by atoms with van der Waals surface area (Å²) in [6.07, 6.45) is 2.55. The molecule has 2 heterocycles. The number of piperidine rings is 1. The Labute approximate surface area is 121 Å². The second-order valence-electron chi connectivity index (χ2n) is 6.01. The Balaban J connectivity index is 1.56. The third-order valence-electron chi connectivity index (χ3n) is 4.71. The van der Waals surface area contributed by atoms with E-state index in [1.165, 1.54) is 25.9 Å². The first-order valence-electron chi connectivity index (χ1n) is 7.66. The van der Waals surface area contributed by atoms with Crippen molar-refractivity contribution in [1.29, 1.82) is 0 Å². The molecule has 3 rings (SSSR count). The van der Waals surface area contributed by atoms with E-state index in [2.05, 4.69) is 21.7 Å². The summed E-state index contributed by atoms with van der Waals surface area (Å²) in [4.78, 5) is 7.19. The van der Waals surface area contributed by atoms with Crippen LogP contribution in [0.3, 0.4) is 0 Å². The van der Waals surface area contributed by atoms with Gasteiger partial charge in [0, 0.05) is 32.2 Å². The normalized spacial score (nSPS) is 23.2. The van der Waals surface area contributed by atoms with Gasteiger partial charge in [-0.1, -0.05) is 12.1 Å². The SMILES string of the molecule is CN1CCC(N2CCN(c3ccccc3F)CC2)CC1. The van der Waals surface area contributed by atoms with Crippen LogP contribution in [-0.4, -0.2) is 62.2 Å². The van der Waals surface area contributed by atoms with Gasteiger partial charge in [-0.15, -0.1) is 0 Å². The molecule has 0 aromatic heterocycles. The molecule has 0 saturated carbocycles. The molecule has 1 aromatic carbocycles. The van der Waals surface area contributed by atoms with Crippen molar-refractivity contribution in [3.05, 3.63) is 30.1 Å². The van der Waals surface area contributed by atoms with Gasteiger partial charge in [0.1, 0.15) is 5.82 Å². The molecule has 1 aromatic rings. The van der Waals surface area contributed by atoms with Gasteiger partial charge in [0.05, 0.1) is 5.69 Å². The largest absolute Gasteiger partial charge is 0.367 e. The summed E-state index contributed by atoms with van der Waals surface area (Å²) in [5.41, 5.74) is 0.760. The zero-order chi connectivity index (χ0) is 13.9. The lowest BCUT2D eigenvalue weighted by Crippen LogP contribution is -2.53. The number of halogens is 1. The van der Waals surface area contributed by atoms with Crippen molar-refractivity contribution in [1.82, 2.24) is 9.80 Å². The molecule has 2 aliphatic heterocycles. The lowest BCUT2D eigenvalue weighted by Gasteiger charge is -2.42. The van der Waals surface area contributed by atoms with Crippen molar-refractivity contribution in [2.75, 3.05) is 51.2 Å². The molecule has 2 saturated heterocycles. The number of rotatable bonds is 2. The number of hydrogen-bond acceptors (Lipinski definition) is 3. The standard InChI is InChI=1S/C16H24FN3/c1-18-8-6-14(7-9-18)19-10-12-20(13-11-19)16-5-3-2-4-15(16)17/h2-5,14H,6-13H2,1H3. The molecule has 0 unspecified atom stereocenters. The number of nitrogens with zero attached hydrogens (tertiary/aromatic N) is 3. The van der Waals surface area contributed by atoms with Gasteiger partial charge in [-0.05, 0) is 45.1 Å². The number of para-hydroxylation sites is 1. The fraction of sp³-hybridized carbons (Fsp3) is 0.625. The van der Waals surface area contributed by atoms with Crippen molar-refractivity contribution in [3.63, 3.8) is 0 Å². The van der Waals surface area contributed by atoms with Crippen LogP contribution in [0.2, 0.25) is 0 Å². The van der Waals surface area contributed by atoms with E-state index >= 15 is 0 Å². The van der Waals surface area contributed by atoms with Crippen molar-refractivity contribution >= 4 is 5.69 Å². The predicted octanol–water partition coefficient (Wildman–Crippen LogP) is 2.04. The number of piperazine rings is 1. The van der Waals surface area contributed by atoms with Crippen LogP contribution in [0.4, 0.5) is 10.1 Å². The quantitative estimate of drug-likeness (QED) is 0.819. The molecule has 2 aliphatic rings. The fourth-order valence-electron chi connectivity index (χ4n) is 3.40. The van der Waals surface area contributed by atoms with Crippen LogP contribution in [0.15, 0.2) is 24.3 Å². The zero-order valence-electron chi connectivity index (χ0n) is 12.3. The summed E-state index contributed by atoms with van der Waals surface area (Å²) in [7, 11) is 2.20. The molecule has 0 spiro atoms. The number of likely N-dealkylation sites (tertiary alicyclic amines) is 1. The minimum Gasteiger partial charge on any atom is -0.367 e. The molecule has 0 N–H and O–H groups in total. The third kappa shape index (κ3) is 2.96. The average molecular weight is 277 g/mol. The molecule has 0 amide bonds. The van der Waals surface area contributed by atoms with Crippen LogP contribution in [0.1, 0.15) is 12.8 Å². The van der Waals surface area contributed by atoms with Crippen LogP contribution in [0, 0.1) is 5.82 Å². The number of hydrogen-bond donors (Lipinski definition) is 0. The summed E-state index contributed by atoms with van der Waals surface area (Å²) in [6.45, 7) is 6.41. The molecule has 0 bridgehead atoms. The van der Waals surface area contributed by atoms with Crippen molar-refractivity contribution in [2.24, 2.45) is 0 Å². The topological polar surface area (TPSA) is 9.72 Å². The Hall–Kier alpha value is -1.13. The Morgan fingerprint density at radius 2 is 1.60 bits per heavy atom. The molecule has 110 valence electrons. The predicted molar refractivity (Wildman–Crippen MR) is 80.7 cm³/mol. The number of anilines is 1. The van der Waals surface area contributed by atoms with Crippen LogP contribution < -0.4 is 4.90 Å². The van der Waals surface area contributed by atoms with Gasteiger partial charge in [0.15, 0.2) is 0 Å². The van der Waals surface area contributed by atoms with Gasteiger partial charge >= 0.3 is 0 Å². The Bertz CT molecular complexity index is 435. The van der Waals surface area contributed by atoms with Crippen LogP contribution in [0.25, 0.3) is 0 Å². The van der Waals surface area contributed by atoms with E-state index in [-0.39, 0.29) is 5.82 Å². The molecule has 4 heteroatoms. The summed E-state index contributed by atoms with van der Waals surface area (Å²) < 4.78 is 13.8. The lowest BCUT2D eigenvalue weighted by molar-refractivity contribution is 0.115. The first-order valence-corrected chi connectivity index (χ1v) is 7.66. The Kier molecular flexibility index (Phi) is 4.22. The summed E-state index contributed by atoms with van der Waals surface area (Å²) in [5.74, 6) is -0.0970. The minimum absolute atomic E-state index is 0.0970. The number of benzene rings is 1. The van der Waals surface area contributed by atoms with E-state index in [0.717, 1.165) is 37.9 Å². The van der Waals surface area contributed by atoms with E-state index in [0.29, 0.717) is 0 Å². The van der Waals surface area contributed by atoms with E-state index in [1.807, 2.05) is 12.1 Å². The summed E-state index contributed by atoms with van der Waals surface area (Å²) >= 11 is 0. The molecular formula is C16H24FN3. The molecular weight excluding hydrogens is 253 g/mol. The maximum absolute atomic E-state index is 13.8. The highest BCUT2D eigenvalue weighted by molar-refractivity contribution is 5.48. The Morgan fingerprint density at radius 1 is 0.950 bits per heavy atom. The smallest absolute Gasteiger partial charge is 0.146 e. The molecule has 0 aliphatic carbocycles. The van der Waals surface area contributed by atoms with E-state index in [1.54, 1.807) is 12.1 Å². The highest BCUT2D eigenvalue weighted by Gasteiger charge is 2.27. The molecule has 0 atom stereocenters. The van der Waals surface area contributed by atoms with Crippen molar-refractivity contribution in [3.8, 4) is 0 Å². The molecule has 20 heavy (non-hydrogen) atoms. The van der Waals surface area contributed by atoms with Crippen molar-refractivity contribution < 1.29 is 4.39 Å². The average Bonchev–Trinajstić information content (AvgIpc) is 2.49. The monoisotopic (exact) mass is 277 g/mol. The van der Waals surface area contributed by atoms with Crippen LogP contribution >= 0.6 is 0 Å². The second-order valence-corrected chi connectivity index (χ2v) is 6.01. The van der Waals surface area contributed by atoms with Gasteiger partial charge in [0.25, 0.3) is 0 Å². The van der Waals surface area contributed by atoms with Crippen LogP contribution in [-0.2, 0) is 0 Å². The third-order valence-corrected chi connectivity index (χ3v) is 4.71. The summed E-state index contributed by atoms with van der Waals surface area (Å²) in [5, 5.41) is 0. The van der Waals surface area contributed by atoms with Crippen molar-refractivity contribution in [2.45, 2.75) is 18.9 Å². The Morgan fingerprint density at radius 3 is 2.25 bits per heavy atom. The first-order chi connectivity index (χ1) is 9.74. The minimum atomic E-state index is -0.0970. The molecule has 2 fully saturated rings. The summed E-state index contributed by atoms with van der Waals surface area (Å²) in [6, 6.07) is 7.85. The lowest BCUT2D eigenvalue weighted by atomic mass is 10.0. The van der Waals surface area contributed by atoms with Gasteiger partial charge in [-0.25, -0.2) is 4.39 Å². The highest BCUT2D eigenvalue weighted by Crippen LogP contribution is 2.22.